The maximum atomic E-state index is 11.9. The van der Waals surface area contributed by atoms with Crippen molar-refractivity contribution in [2.75, 3.05) is 33.4 Å². The lowest BCUT2D eigenvalue weighted by Crippen LogP contribution is -2.47. The number of carbonyl (C=O) groups is 2. The quantitative estimate of drug-likeness (QED) is 0.500. The molecule has 0 saturated carbocycles. The number of nitrogens with one attached hydrogen (secondary N) is 1. The topological polar surface area (TPSA) is 88.1 Å². The number of carbonyl (C=O) groups excluding carboxylic acids is 1. The molecule has 114 valence electrons. The molecular weight excluding hydrogens is 264 g/mol. The molecule has 7 heteroatoms. The molecule has 1 heterocycles. The first-order valence-corrected chi connectivity index (χ1v) is 6.58. The maximum absolute atomic E-state index is 11.9. The van der Waals surface area contributed by atoms with E-state index in [2.05, 4.69) is 11.9 Å². The van der Waals surface area contributed by atoms with Crippen molar-refractivity contribution in [3.05, 3.63) is 12.7 Å². The summed E-state index contributed by atoms with van der Waals surface area (Å²) in [5.74, 6) is -1.01. The van der Waals surface area contributed by atoms with E-state index in [-0.39, 0.29) is 12.6 Å². The highest BCUT2D eigenvalue weighted by Crippen LogP contribution is 2.20. The van der Waals surface area contributed by atoms with Crippen LogP contribution in [0.3, 0.4) is 0 Å². The fourth-order valence-corrected chi connectivity index (χ4v) is 2.03. The van der Waals surface area contributed by atoms with Gasteiger partial charge in [-0.05, 0) is 6.42 Å². The van der Waals surface area contributed by atoms with Gasteiger partial charge in [-0.15, -0.1) is 6.58 Å². The lowest BCUT2D eigenvalue weighted by Gasteiger charge is -2.21. The number of urea groups is 1. The van der Waals surface area contributed by atoms with E-state index < -0.39 is 18.0 Å². The third-order valence-corrected chi connectivity index (χ3v) is 3.13. The van der Waals surface area contributed by atoms with E-state index in [1.807, 2.05) is 0 Å². The first-order chi connectivity index (χ1) is 9.60. The van der Waals surface area contributed by atoms with Crippen LogP contribution < -0.4 is 5.32 Å². The molecule has 20 heavy (non-hydrogen) atoms. The van der Waals surface area contributed by atoms with Gasteiger partial charge in [0, 0.05) is 26.6 Å². The fraction of sp³-hybridized carbons (Fsp3) is 0.692. The molecule has 1 aliphatic heterocycles. The van der Waals surface area contributed by atoms with Crippen LogP contribution in [-0.2, 0) is 14.3 Å². The van der Waals surface area contributed by atoms with Gasteiger partial charge in [-0.25, -0.2) is 9.59 Å². The smallest absolute Gasteiger partial charge is 0.326 e. The Kier molecular flexibility index (Phi) is 7.03. The fourth-order valence-electron chi connectivity index (χ4n) is 2.03. The zero-order valence-electron chi connectivity index (χ0n) is 11.7. The van der Waals surface area contributed by atoms with Crippen molar-refractivity contribution >= 4 is 12.0 Å². The molecule has 1 fully saturated rings. The minimum Gasteiger partial charge on any atom is -0.480 e. The lowest BCUT2D eigenvalue weighted by molar-refractivity contribution is -0.141. The number of hydrogen-bond donors (Lipinski definition) is 2. The van der Waals surface area contributed by atoms with Crippen molar-refractivity contribution in [2.24, 2.45) is 0 Å². The summed E-state index contributed by atoms with van der Waals surface area (Å²) in [6.07, 6.45) is 2.60. The van der Waals surface area contributed by atoms with Gasteiger partial charge in [-0.2, -0.15) is 0 Å². The molecule has 2 unspecified atom stereocenters. The molecule has 1 saturated heterocycles. The second-order valence-corrected chi connectivity index (χ2v) is 4.52. The van der Waals surface area contributed by atoms with Crippen LogP contribution in [0, 0.1) is 0 Å². The van der Waals surface area contributed by atoms with Crippen LogP contribution in [0.25, 0.3) is 0 Å². The highest BCUT2D eigenvalue weighted by Gasteiger charge is 2.39. The number of rotatable bonds is 8. The lowest BCUT2D eigenvalue weighted by atomic mass is 10.2. The normalized spacial score (nSPS) is 21.8. The van der Waals surface area contributed by atoms with Gasteiger partial charge >= 0.3 is 12.0 Å². The Bertz CT molecular complexity index is 348. The summed E-state index contributed by atoms with van der Waals surface area (Å²) in [5, 5.41) is 11.8. The predicted molar refractivity (Wildman–Crippen MR) is 72.6 cm³/mol. The van der Waals surface area contributed by atoms with Gasteiger partial charge in [0.1, 0.15) is 6.04 Å². The van der Waals surface area contributed by atoms with Gasteiger partial charge in [0.25, 0.3) is 0 Å². The average Bonchev–Trinajstić information content (AvgIpc) is 2.87. The summed E-state index contributed by atoms with van der Waals surface area (Å²) >= 11 is 0. The molecule has 0 spiro atoms. The van der Waals surface area contributed by atoms with Crippen LogP contribution in [-0.4, -0.2) is 67.6 Å². The molecule has 1 aliphatic rings. The Labute approximate surface area is 118 Å². The van der Waals surface area contributed by atoms with Gasteiger partial charge in [0.15, 0.2) is 0 Å². The Morgan fingerprint density at radius 1 is 1.50 bits per heavy atom. The zero-order chi connectivity index (χ0) is 15.0. The van der Waals surface area contributed by atoms with Crippen molar-refractivity contribution in [1.82, 2.24) is 10.2 Å². The Morgan fingerprint density at radius 2 is 2.25 bits per heavy atom. The summed E-state index contributed by atoms with van der Waals surface area (Å²) in [5.41, 5.74) is 0. The van der Waals surface area contributed by atoms with Gasteiger partial charge in [0.2, 0.25) is 0 Å². The Balaban J connectivity index is 2.33. The summed E-state index contributed by atoms with van der Waals surface area (Å²) in [6, 6.07) is -1.23. The molecule has 0 aliphatic carbocycles. The molecule has 7 nitrogen and oxygen atoms in total. The number of carboxylic acid groups (broad SMARTS) is 1. The molecule has 2 atom stereocenters. The van der Waals surface area contributed by atoms with E-state index in [0.29, 0.717) is 26.2 Å². The highest BCUT2D eigenvalue weighted by atomic mass is 16.5. The van der Waals surface area contributed by atoms with Crippen molar-refractivity contribution in [3.8, 4) is 0 Å². The van der Waals surface area contributed by atoms with Crippen LogP contribution >= 0.6 is 0 Å². The third kappa shape index (κ3) is 4.82. The monoisotopic (exact) mass is 286 g/mol. The second kappa shape index (κ2) is 8.55. The Hall–Kier alpha value is -1.60. The van der Waals surface area contributed by atoms with Gasteiger partial charge < -0.3 is 24.8 Å². The number of amides is 2. The number of nitrogens with zero attached hydrogens (tertiary/aromatic N) is 1. The SMILES string of the molecule is C=CCCOCCNC(=O)N1CC(OC)CC1C(=O)O. The van der Waals surface area contributed by atoms with E-state index in [1.54, 1.807) is 6.08 Å². The number of ether oxygens (including phenoxy) is 2. The van der Waals surface area contributed by atoms with Gasteiger partial charge in [0.05, 0.1) is 19.3 Å². The molecule has 2 amide bonds. The molecule has 0 aromatic heterocycles. The molecule has 0 bridgehead atoms. The Morgan fingerprint density at radius 3 is 2.85 bits per heavy atom. The number of hydrogen-bond acceptors (Lipinski definition) is 4. The number of carboxylic acids is 1. The number of methoxy groups -OCH3 is 1. The largest absolute Gasteiger partial charge is 0.480 e. The molecule has 0 radical (unpaired) electrons. The standard InChI is InChI=1S/C13H22N2O5/c1-3-4-6-20-7-5-14-13(18)15-9-10(19-2)8-11(15)12(16)17/h3,10-11H,1,4-9H2,2H3,(H,14,18)(H,16,17). The van der Waals surface area contributed by atoms with E-state index in [9.17, 15) is 9.59 Å². The predicted octanol–water partition coefficient (Wildman–Crippen LogP) is 0.463. The second-order valence-electron chi connectivity index (χ2n) is 4.52. The molecule has 0 aromatic rings. The van der Waals surface area contributed by atoms with Crippen LogP contribution in [0.2, 0.25) is 0 Å². The minimum atomic E-state index is -1.01. The van der Waals surface area contributed by atoms with Crippen molar-refractivity contribution < 1.29 is 24.2 Å². The summed E-state index contributed by atoms with van der Waals surface area (Å²) < 4.78 is 10.4. The third-order valence-electron chi connectivity index (χ3n) is 3.13. The van der Waals surface area contributed by atoms with E-state index in [0.717, 1.165) is 6.42 Å². The summed E-state index contributed by atoms with van der Waals surface area (Å²) in [7, 11) is 1.51. The summed E-state index contributed by atoms with van der Waals surface area (Å²) in [6.45, 7) is 5.16. The molecule has 2 N–H and O–H groups in total. The first-order valence-electron chi connectivity index (χ1n) is 6.58. The zero-order valence-corrected chi connectivity index (χ0v) is 11.7. The minimum absolute atomic E-state index is 0.231. The maximum Gasteiger partial charge on any atom is 0.326 e. The van der Waals surface area contributed by atoms with Crippen LogP contribution in [0.4, 0.5) is 4.79 Å². The van der Waals surface area contributed by atoms with E-state index in [1.165, 1.54) is 12.0 Å². The van der Waals surface area contributed by atoms with Crippen LogP contribution in [0.15, 0.2) is 12.7 Å². The highest BCUT2D eigenvalue weighted by molar-refractivity contribution is 5.83. The number of likely N-dealkylation sites (tertiary alicyclic amines) is 1. The van der Waals surface area contributed by atoms with E-state index in [4.69, 9.17) is 14.6 Å². The molecule has 0 aromatic carbocycles. The number of aliphatic carboxylic acids is 1. The van der Waals surface area contributed by atoms with Crippen molar-refractivity contribution in [2.45, 2.75) is 25.0 Å². The van der Waals surface area contributed by atoms with Crippen molar-refractivity contribution in [3.63, 3.8) is 0 Å². The van der Waals surface area contributed by atoms with Gasteiger partial charge in [-0.1, -0.05) is 6.08 Å². The van der Waals surface area contributed by atoms with Crippen LogP contribution in [0.1, 0.15) is 12.8 Å². The first kappa shape index (κ1) is 16.5. The molecular formula is C13H22N2O5. The van der Waals surface area contributed by atoms with E-state index >= 15 is 0 Å². The molecule has 1 rings (SSSR count). The van der Waals surface area contributed by atoms with Crippen LogP contribution in [0.5, 0.6) is 0 Å². The summed E-state index contributed by atoms with van der Waals surface area (Å²) in [4.78, 5) is 24.3. The average molecular weight is 286 g/mol. The van der Waals surface area contributed by atoms with Gasteiger partial charge in [-0.3, -0.25) is 0 Å². The van der Waals surface area contributed by atoms with Crippen molar-refractivity contribution in [1.29, 1.82) is 0 Å².